The molecule has 0 aliphatic carbocycles. The van der Waals surface area contributed by atoms with Gasteiger partial charge in [-0.25, -0.2) is 13.1 Å². The Kier molecular flexibility index (Phi) is 4.24. The summed E-state index contributed by atoms with van der Waals surface area (Å²) in [6.45, 7) is 2.06. The summed E-state index contributed by atoms with van der Waals surface area (Å²) in [6.07, 6.45) is 0. The van der Waals surface area contributed by atoms with Crippen molar-refractivity contribution in [3.63, 3.8) is 0 Å². The molecule has 1 heterocycles. The van der Waals surface area contributed by atoms with Gasteiger partial charge in [-0.1, -0.05) is 6.07 Å². The van der Waals surface area contributed by atoms with Crippen molar-refractivity contribution in [1.29, 1.82) is 0 Å². The third-order valence-corrected chi connectivity index (χ3v) is 5.13. The van der Waals surface area contributed by atoms with Crippen LogP contribution in [0.4, 0.5) is 0 Å². The van der Waals surface area contributed by atoms with Gasteiger partial charge < -0.3 is 4.74 Å². The highest BCUT2D eigenvalue weighted by Crippen LogP contribution is 2.21. The summed E-state index contributed by atoms with van der Waals surface area (Å²) < 4.78 is 32.1. The molecular weight excluding hydrogens is 282 g/mol. The summed E-state index contributed by atoms with van der Waals surface area (Å²) >= 11 is 1.52. The van der Waals surface area contributed by atoms with Crippen LogP contribution in [-0.2, 0) is 16.6 Å². The van der Waals surface area contributed by atoms with E-state index in [1.165, 1.54) is 11.3 Å². The van der Waals surface area contributed by atoms with Crippen molar-refractivity contribution in [3.8, 4) is 5.75 Å². The molecule has 0 atom stereocenters. The van der Waals surface area contributed by atoms with E-state index in [1.54, 1.807) is 32.2 Å². The van der Waals surface area contributed by atoms with E-state index in [2.05, 4.69) is 4.72 Å². The van der Waals surface area contributed by atoms with Crippen molar-refractivity contribution in [2.45, 2.75) is 18.4 Å². The summed E-state index contributed by atoms with van der Waals surface area (Å²) in [5.74, 6) is 0.648. The lowest BCUT2D eigenvalue weighted by Crippen LogP contribution is -2.23. The van der Waals surface area contributed by atoms with Gasteiger partial charge in [-0.2, -0.15) is 0 Å². The molecular formula is C13H15NO3S2. The van der Waals surface area contributed by atoms with Crippen LogP contribution in [0, 0.1) is 6.92 Å². The molecule has 0 bridgehead atoms. The number of nitrogens with one attached hydrogen (secondary N) is 1. The Balaban J connectivity index is 2.19. The predicted octanol–water partition coefficient (Wildman–Crippen LogP) is 2.54. The molecule has 0 unspecified atom stereocenters. The Labute approximate surface area is 117 Å². The van der Waals surface area contributed by atoms with Gasteiger partial charge in [-0.05, 0) is 42.1 Å². The van der Waals surface area contributed by atoms with E-state index in [0.717, 1.165) is 4.88 Å². The average molecular weight is 297 g/mol. The lowest BCUT2D eigenvalue weighted by molar-refractivity contribution is 0.414. The summed E-state index contributed by atoms with van der Waals surface area (Å²) in [7, 11) is -1.94. The lowest BCUT2D eigenvalue weighted by Gasteiger charge is -2.10. The highest BCUT2D eigenvalue weighted by atomic mass is 32.2. The first-order valence-corrected chi connectivity index (χ1v) is 8.06. The van der Waals surface area contributed by atoms with Crippen LogP contribution in [0.15, 0.2) is 40.6 Å². The van der Waals surface area contributed by atoms with Crippen LogP contribution in [0.1, 0.15) is 10.4 Å². The SMILES string of the molecule is COc1ccc(S(=O)(=O)NCc2cccs2)c(C)c1. The molecule has 0 aliphatic rings. The molecule has 0 radical (unpaired) electrons. The summed E-state index contributed by atoms with van der Waals surface area (Å²) in [6, 6.07) is 8.71. The van der Waals surface area contributed by atoms with Crippen LogP contribution in [0.3, 0.4) is 0 Å². The molecule has 0 fully saturated rings. The predicted molar refractivity (Wildman–Crippen MR) is 76.1 cm³/mol. The molecule has 19 heavy (non-hydrogen) atoms. The van der Waals surface area contributed by atoms with E-state index in [0.29, 0.717) is 17.9 Å². The quantitative estimate of drug-likeness (QED) is 0.922. The van der Waals surface area contributed by atoms with E-state index in [9.17, 15) is 8.42 Å². The average Bonchev–Trinajstić information content (AvgIpc) is 2.89. The van der Waals surface area contributed by atoms with Crippen molar-refractivity contribution in [2.24, 2.45) is 0 Å². The number of aryl methyl sites for hydroxylation is 1. The molecule has 1 aromatic heterocycles. The van der Waals surface area contributed by atoms with Gasteiger partial charge in [0.15, 0.2) is 0 Å². The monoisotopic (exact) mass is 297 g/mol. The first-order valence-electron chi connectivity index (χ1n) is 5.69. The number of sulfonamides is 1. The van der Waals surface area contributed by atoms with Crippen molar-refractivity contribution in [1.82, 2.24) is 4.72 Å². The fourth-order valence-electron chi connectivity index (χ4n) is 1.71. The van der Waals surface area contributed by atoms with Gasteiger partial charge in [0.1, 0.15) is 5.75 Å². The molecule has 4 nitrogen and oxygen atoms in total. The second-order valence-corrected chi connectivity index (χ2v) is 6.80. The number of hydrogen-bond acceptors (Lipinski definition) is 4. The van der Waals surface area contributed by atoms with E-state index in [1.807, 2.05) is 17.5 Å². The van der Waals surface area contributed by atoms with E-state index in [-0.39, 0.29) is 4.90 Å². The van der Waals surface area contributed by atoms with Crippen molar-refractivity contribution in [2.75, 3.05) is 7.11 Å². The maximum Gasteiger partial charge on any atom is 0.241 e. The smallest absolute Gasteiger partial charge is 0.241 e. The molecule has 2 aromatic rings. The fraction of sp³-hybridized carbons (Fsp3) is 0.231. The van der Waals surface area contributed by atoms with Gasteiger partial charge >= 0.3 is 0 Å². The van der Waals surface area contributed by atoms with Crippen LogP contribution in [0.25, 0.3) is 0 Å². The van der Waals surface area contributed by atoms with E-state index >= 15 is 0 Å². The molecule has 0 saturated carbocycles. The standard InChI is InChI=1S/C13H15NO3S2/c1-10-8-11(17-2)5-6-13(10)19(15,16)14-9-12-4-3-7-18-12/h3-8,14H,9H2,1-2H3. The van der Waals surface area contributed by atoms with Crippen LogP contribution < -0.4 is 9.46 Å². The zero-order valence-corrected chi connectivity index (χ0v) is 12.3. The largest absolute Gasteiger partial charge is 0.497 e. The number of hydrogen-bond donors (Lipinski definition) is 1. The Hall–Kier alpha value is -1.37. The molecule has 1 aromatic carbocycles. The normalized spacial score (nSPS) is 11.5. The van der Waals surface area contributed by atoms with Gasteiger partial charge in [0.25, 0.3) is 0 Å². The Morgan fingerprint density at radius 1 is 1.32 bits per heavy atom. The Morgan fingerprint density at radius 2 is 2.11 bits per heavy atom. The van der Waals surface area contributed by atoms with E-state index in [4.69, 9.17) is 4.74 Å². The number of benzene rings is 1. The van der Waals surface area contributed by atoms with E-state index < -0.39 is 10.0 Å². The number of rotatable bonds is 5. The van der Waals surface area contributed by atoms with Gasteiger partial charge in [-0.15, -0.1) is 11.3 Å². The van der Waals surface area contributed by atoms with Crippen LogP contribution in [0.2, 0.25) is 0 Å². The fourth-order valence-corrected chi connectivity index (χ4v) is 3.67. The topological polar surface area (TPSA) is 55.4 Å². The van der Waals surface area contributed by atoms with Crippen LogP contribution >= 0.6 is 11.3 Å². The number of ether oxygens (including phenoxy) is 1. The highest BCUT2D eigenvalue weighted by molar-refractivity contribution is 7.89. The second kappa shape index (κ2) is 5.73. The van der Waals surface area contributed by atoms with Crippen LogP contribution in [0.5, 0.6) is 5.75 Å². The molecule has 0 spiro atoms. The van der Waals surface area contributed by atoms with Gasteiger partial charge in [0.05, 0.1) is 12.0 Å². The maximum atomic E-state index is 12.2. The number of methoxy groups -OCH3 is 1. The molecule has 2 rings (SSSR count). The molecule has 0 saturated heterocycles. The third kappa shape index (κ3) is 3.34. The first-order chi connectivity index (χ1) is 9.03. The molecule has 102 valence electrons. The third-order valence-electron chi connectivity index (χ3n) is 2.69. The minimum absolute atomic E-state index is 0.282. The molecule has 6 heteroatoms. The van der Waals surface area contributed by atoms with Gasteiger partial charge in [-0.3, -0.25) is 0 Å². The van der Waals surface area contributed by atoms with Crippen molar-refractivity contribution < 1.29 is 13.2 Å². The summed E-state index contributed by atoms with van der Waals surface area (Å²) in [5, 5.41) is 1.92. The summed E-state index contributed by atoms with van der Waals surface area (Å²) in [4.78, 5) is 1.26. The Morgan fingerprint density at radius 3 is 2.68 bits per heavy atom. The molecule has 0 amide bonds. The van der Waals surface area contributed by atoms with Crippen molar-refractivity contribution in [3.05, 3.63) is 46.2 Å². The lowest BCUT2D eigenvalue weighted by atomic mass is 10.2. The minimum atomic E-state index is -3.49. The minimum Gasteiger partial charge on any atom is -0.497 e. The second-order valence-electron chi connectivity index (χ2n) is 4.04. The summed E-state index contributed by atoms with van der Waals surface area (Å²) in [5.41, 5.74) is 0.665. The van der Waals surface area contributed by atoms with Crippen LogP contribution in [-0.4, -0.2) is 15.5 Å². The Bertz CT molecular complexity index is 649. The zero-order chi connectivity index (χ0) is 13.9. The highest BCUT2D eigenvalue weighted by Gasteiger charge is 2.16. The molecule has 0 aliphatic heterocycles. The van der Waals surface area contributed by atoms with Gasteiger partial charge in [0.2, 0.25) is 10.0 Å². The van der Waals surface area contributed by atoms with Crippen molar-refractivity contribution >= 4 is 21.4 Å². The molecule has 1 N–H and O–H groups in total. The maximum absolute atomic E-state index is 12.2. The zero-order valence-electron chi connectivity index (χ0n) is 10.7. The number of thiophene rings is 1. The first kappa shape index (κ1) is 14.0. The van der Waals surface area contributed by atoms with Gasteiger partial charge in [0, 0.05) is 11.4 Å².